The minimum absolute atomic E-state index is 0.130. The summed E-state index contributed by atoms with van der Waals surface area (Å²) >= 11 is 0. The maximum absolute atomic E-state index is 11.7. The Hall–Kier alpha value is -2.37. The number of rotatable bonds is 2. The van der Waals surface area contributed by atoms with Crippen molar-refractivity contribution in [2.24, 2.45) is 0 Å². The molecular weight excluding hydrogens is 300 g/mol. The Morgan fingerprint density at radius 3 is 2.14 bits per heavy atom. The van der Waals surface area contributed by atoms with E-state index in [0.717, 1.165) is 26.9 Å². The molecule has 4 aromatic rings. The van der Waals surface area contributed by atoms with Gasteiger partial charge in [-0.2, -0.15) is 8.42 Å². The van der Waals surface area contributed by atoms with Gasteiger partial charge in [0, 0.05) is 22.2 Å². The predicted molar refractivity (Wildman–Crippen MR) is 86.5 cm³/mol. The van der Waals surface area contributed by atoms with Crippen molar-refractivity contribution in [3.63, 3.8) is 0 Å². The Kier molecular flexibility index (Phi) is 2.61. The molecule has 0 aliphatic carbocycles. The lowest BCUT2D eigenvalue weighted by Crippen LogP contribution is -2.01. The number of methoxy groups -OCH3 is 1. The first-order valence-electron chi connectivity index (χ1n) is 6.73. The zero-order chi connectivity index (χ0) is 15.5. The van der Waals surface area contributed by atoms with Gasteiger partial charge in [-0.1, -0.05) is 36.4 Å². The van der Waals surface area contributed by atoms with Gasteiger partial charge in [-0.05, 0) is 22.2 Å². The third-order valence-corrected chi connectivity index (χ3v) is 4.96. The van der Waals surface area contributed by atoms with E-state index in [4.69, 9.17) is 4.74 Å². The van der Waals surface area contributed by atoms with Gasteiger partial charge in [0.05, 0.1) is 7.11 Å². The van der Waals surface area contributed by atoms with Crippen molar-refractivity contribution in [3.05, 3.63) is 48.5 Å². The van der Waals surface area contributed by atoms with Crippen LogP contribution in [0.4, 0.5) is 0 Å². The molecule has 0 saturated heterocycles. The SMILES string of the molecule is COc1cc(S(=O)(=O)O)c2ccc3cccc4ccc1c2c43. The van der Waals surface area contributed by atoms with E-state index >= 15 is 0 Å². The highest BCUT2D eigenvalue weighted by molar-refractivity contribution is 7.86. The molecule has 0 fully saturated rings. The molecule has 0 atom stereocenters. The third-order valence-electron chi connectivity index (χ3n) is 4.07. The molecule has 22 heavy (non-hydrogen) atoms. The van der Waals surface area contributed by atoms with Crippen LogP contribution in [0.3, 0.4) is 0 Å². The summed E-state index contributed by atoms with van der Waals surface area (Å²) in [7, 11) is -2.85. The van der Waals surface area contributed by atoms with Crippen molar-refractivity contribution in [1.82, 2.24) is 0 Å². The molecule has 0 aliphatic heterocycles. The first-order chi connectivity index (χ1) is 10.5. The average Bonchev–Trinajstić information content (AvgIpc) is 2.51. The fourth-order valence-electron chi connectivity index (χ4n) is 3.15. The lowest BCUT2D eigenvalue weighted by atomic mass is 9.94. The van der Waals surface area contributed by atoms with Crippen LogP contribution in [0, 0.1) is 0 Å². The van der Waals surface area contributed by atoms with Gasteiger partial charge in [0.25, 0.3) is 10.1 Å². The van der Waals surface area contributed by atoms with Crippen LogP contribution in [0.5, 0.6) is 5.75 Å². The molecule has 4 aromatic carbocycles. The predicted octanol–water partition coefficient (Wildman–Crippen LogP) is 3.84. The number of hydrogen-bond acceptors (Lipinski definition) is 3. The Morgan fingerprint density at radius 2 is 1.55 bits per heavy atom. The first kappa shape index (κ1) is 13.3. The van der Waals surface area contributed by atoms with Gasteiger partial charge >= 0.3 is 0 Å². The summed E-state index contributed by atoms with van der Waals surface area (Å²) in [6.45, 7) is 0. The molecular formula is C17H12O4S. The van der Waals surface area contributed by atoms with E-state index in [1.165, 1.54) is 13.2 Å². The van der Waals surface area contributed by atoms with Crippen LogP contribution in [0.25, 0.3) is 32.3 Å². The van der Waals surface area contributed by atoms with Gasteiger partial charge in [-0.25, -0.2) is 0 Å². The molecule has 0 bridgehead atoms. The Labute approximate surface area is 127 Å². The standard InChI is InChI=1S/C17H12O4S/c1-21-14-9-15(22(18,19)20)13-8-6-11-4-2-3-10-5-7-12(14)17(13)16(10)11/h2-9H,1H3,(H,18,19,20). The second-order valence-electron chi connectivity index (χ2n) is 5.23. The summed E-state index contributed by atoms with van der Waals surface area (Å²) < 4.78 is 38.4. The monoisotopic (exact) mass is 312 g/mol. The molecule has 0 saturated carbocycles. The number of hydrogen-bond donors (Lipinski definition) is 1. The van der Waals surface area contributed by atoms with Crippen molar-refractivity contribution in [1.29, 1.82) is 0 Å². The summed E-state index contributed by atoms with van der Waals surface area (Å²) in [5.41, 5.74) is 0. The molecule has 0 unspecified atom stereocenters. The van der Waals surface area contributed by atoms with Crippen molar-refractivity contribution in [3.8, 4) is 5.75 Å². The molecule has 0 amide bonds. The van der Waals surface area contributed by atoms with Gasteiger partial charge in [0.1, 0.15) is 10.6 Å². The Morgan fingerprint density at radius 1 is 0.909 bits per heavy atom. The van der Waals surface area contributed by atoms with Crippen LogP contribution < -0.4 is 4.74 Å². The highest BCUT2D eigenvalue weighted by Crippen LogP contribution is 2.41. The van der Waals surface area contributed by atoms with Crippen molar-refractivity contribution in [2.75, 3.05) is 7.11 Å². The van der Waals surface area contributed by atoms with E-state index in [1.807, 2.05) is 36.4 Å². The molecule has 0 aromatic heterocycles. The van der Waals surface area contributed by atoms with Crippen LogP contribution in [-0.2, 0) is 10.1 Å². The maximum Gasteiger partial charge on any atom is 0.295 e. The second kappa shape index (κ2) is 4.32. The zero-order valence-corrected chi connectivity index (χ0v) is 12.5. The van der Waals surface area contributed by atoms with E-state index in [1.54, 1.807) is 6.07 Å². The third kappa shape index (κ3) is 1.70. The summed E-state index contributed by atoms with van der Waals surface area (Å²) in [5.74, 6) is 0.429. The quantitative estimate of drug-likeness (QED) is 0.451. The van der Waals surface area contributed by atoms with Crippen LogP contribution in [-0.4, -0.2) is 20.1 Å². The topological polar surface area (TPSA) is 63.6 Å². The molecule has 0 spiro atoms. The zero-order valence-electron chi connectivity index (χ0n) is 11.7. The van der Waals surface area contributed by atoms with Crippen LogP contribution >= 0.6 is 0 Å². The van der Waals surface area contributed by atoms with E-state index < -0.39 is 10.1 Å². The van der Waals surface area contributed by atoms with Gasteiger partial charge < -0.3 is 4.74 Å². The average molecular weight is 312 g/mol. The van der Waals surface area contributed by atoms with Crippen LogP contribution in [0.1, 0.15) is 0 Å². The molecule has 5 heteroatoms. The van der Waals surface area contributed by atoms with E-state index in [0.29, 0.717) is 11.1 Å². The largest absolute Gasteiger partial charge is 0.496 e. The fourth-order valence-corrected chi connectivity index (χ4v) is 3.85. The minimum atomic E-state index is -4.34. The second-order valence-corrected chi connectivity index (χ2v) is 6.62. The first-order valence-corrected chi connectivity index (χ1v) is 8.17. The van der Waals surface area contributed by atoms with Crippen LogP contribution in [0.2, 0.25) is 0 Å². The van der Waals surface area contributed by atoms with Gasteiger partial charge in [0.2, 0.25) is 0 Å². The highest BCUT2D eigenvalue weighted by Gasteiger charge is 2.20. The van der Waals surface area contributed by atoms with Crippen molar-refractivity contribution in [2.45, 2.75) is 4.90 Å². The number of benzene rings is 4. The Balaban J connectivity index is 2.39. The summed E-state index contributed by atoms with van der Waals surface area (Å²) in [6, 6.07) is 14.8. The lowest BCUT2D eigenvalue weighted by Gasteiger charge is -2.15. The number of ether oxygens (including phenoxy) is 1. The lowest BCUT2D eigenvalue weighted by molar-refractivity contribution is 0.418. The maximum atomic E-state index is 11.7. The van der Waals surface area contributed by atoms with Gasteiger partial charge in [0.15, 0.2) is 0 Å². The van der Waals surface area contributed by atoms with E-state index in [9.17, 15) is 13.0 Å². The summed E-state index contributed by atoms with van der Waals surface area (Å²) in [6.07, 6.45) is 0. The van der Waals surface area contributed by atoms with Crippen molar-refractivity contribution >= 4 is 42.4 Å². The van der Waals surface area contributed by atoms with Gasteiger partial charge in [-0.3, -0.25) is 4.55 Å². The highest BCUT2D eigenvalue weighted by atomic mass is 32.2. The molecule has 4 nitrogen and oxygen atoms in total. The van der Waals surface area contributed by atoms with Gasteiger partial charge in [-0.15, -0.1) is 0 Å². The summed E-state index contributed by atoms with van der Waals surface area (Å²) in [5, 5.41) is 5.14. The molecule has 110 valence electrons. The molecule has 0 radical (unpaired) electrons. The molecule has 0 heterocycles. The van der Waals surface area contributed by atoms with Crippen molar-refractivity contribution < 1.29 is 17.7 Å². The van der Waals surface area contributed by atoms with E-state index in [2.05, 4.69) is 0 Å². The summed E-state index contributed by atoms with van der Waals surface area (Å²) in [4.78, 5) is -0.130. The fraction of sp³-hybridized carbons (Fsp3) is 0.0588. The molecule has 0 aliphatic rings. The smallest absolute Gasteiger partial charge is 0.295 e. The van der Waals surface area contributed by atoms with Crippen LogP contribution in [0.15, 0.2) is 53.4 Å². The normalized spacial score (nSPS) is 12.5. The molecule has 4 rings (SSSR count). The minimum Gasteiger partial charge on any atom is -0.496 e. The Bertz CT molecular complexity index is 1110. The molecule has 1 N–H and O–H groups in total. The van der Waals surface area contributed by atoms with E-state index in [-0.39, 0.29) is 4.90 Å².